The number of benzene rings is 1. The van der Waals surface area contributed by atoms with E-state index < -0.39 is 0 Å². The van der Waals surface area contributed by atoms with Crippen LogP contribution in [0.3, 0.4) is 0 Å². The maximum Gasteiger partial charge on any atom is 0.230 e. The third kappa shape index (κ3) is 1.75. The van der Waals surface area contributed by atoms with Crippen LogP contribution in [0.1, 0.15) is 37.7 Å². The van der Waals surface area contributed by atoms with E-state index in [0.717, 1.165) is 30.8 Å². The molecule has 1 heterocycles. The zero-order valence-corrected chi connectivity index (χ0v) is 11.8. The minimum atomic E-state index is 0.310. The number of nitrogens with two attached hydrogens (primary N) is 1. The van der Waals surface area contributed by atoms with Crippen LogP contribution in [0.4, 0.5) is 11.4 Å². The molecule has 1 aromatic rings. The molecule has 2 N–H and O–H groups in total. The molecule has 2 saturated carbocycles. The van der Waals surface area contributed by atoms with Gasteiger partial charge in [-0.15, -0.1) is 0 Å². The van der Waals surface area contributed by atoms with E-state index in [0.29, 0.717) is 23.7 Å². The van der Waals surface area contributed by atoms with Crippen LogP contribution < -0.4 is 10.6 Å². The van der Waals surface area contributed by atoms with Gasteiger partial charge in [0.2, 0.25) is 5.91 Å². The molecule has 4 rings (SSSR count). The lowest BCUT2D eigenvalue weighted by Crippen LogP contribution is -2.37. The number of nitrogen functional groups attached to an aromatic ring is 1. The summed E-state index contributed by atoms with van der Waals surface area (Å²) < 4.78 is 0. The number of carbonyl (C=O) groups is 1. The average molecular weight is 270 g/mol. The molecule has 1 amide bonds. The summed E-state index contributed by atoms with van der Waals surface area (Å²) in [5, 5.41) is 0. The summed E-state index contributed by atoms with van der Waals surface area (Å²) in [6.45, 7) is 0.866. The van der Waals surface area contributed by atoms with Crippen molar-refractivity contribution in [2.24, 2.45) is 17.8 Å². The minimum absolute atomic E-state index is 0.310. The topological polar surface area (TPSA) is 46.3 Å². The third-order valence-corrected chi connectivity index (χ3v) is 5.49. The van der Waals surface area contributed by atoms with Crippen LogP contribution in [-0.2, 0) is 11.2 Å². The maximum absolute atomic E-state index is 12.9. The molecule has 3 aliphatic rings. The average Bonchev–Trinajstić information content (AvgIpc) is 3.21. The molecule has 1 aliphatic heterocycles. The molecule has 0 spiro atoms. The SMILES string of the molecule is Nc1cccc2c1CCCN2C(=O)C1C2CCCCC21. The second kappa shape index (κ2) is 4.51. The molecule has 0 saturated heterocycles. The third-order valence-electron chi connectivity index (χ3n) is 5.49. The van der Waals surface area contributed by atoms with Crippen molar-refractivity contribution in [3.63, 3.8) is 0 Å². The molecule has 3 nitrogen and oxygen atoms in total. The molecule has 0 aromatic heterocycles. The maximum atomic E-state index is 12.9. The number of carbonyl (C=O) groups excluding carboxylic acids is 1. The van der Waals surface area contributed by atoms with Gasteiger partial charge in [0, 0.05) is 23.8 Å². The fourth-order valence-corrected chi connectivity index (χ4v) is 4.42. The van der Waals surface area contributed by atoms with E-state index in [1.54, 1.807) is 0 Å². The first-order chi connectivity index (χ1) is 9.77. The summed E-state index contributed by atoms with van der Waals surface area (Å²) in [5.41, 5.74) is 9.17. The number of amides is 1. The quantitative estimate of drug-likeness (QED) is 0.797. The van der Waals surface area contributed by atoms with Crippen molar-refractivity contribution in [2.45, 2.75) is 38.5 Å². The zero-order chi connectivity index (χ0) is 13.7. The number of fused-ring (bicyclic) bond motifs is 2. The molecule has 0 radical (unpaired) electrons. The zero-order valence-electron chi connectivity index (χ0n) is 11.8. The van der Waals surface area contributed by atoms with E-state index in [4.69, 9.17) is 5.73 Å². The van der Waals surface area contributed by atoms with Crippen LogP contribution >= 0.6 is 0 Å². The highest BCUT2D eigenvalue weighted by molar-refractivity contribution is 5.98. The Morgan fingerprint density at radius 1 is 1.15 bits per heavy atom. The van der Waals surface area contributed by atoms with Gasteiger partial charge in [0.15, 0.2) is 0 Å². The van der Waals surface area contributed by atoms with Crippen molar-refractivity contribution in [3.8, 4) is 0 Å². The fraction of sp³-hybridized carbons (Fsp3) is 0.588. The minimum Gasteiger partial charge on any atom is -0.398 e. The molecule has 1 aromatic carbocycles. The van der Waals surface area contributed by atoms with Gasteiger partial charge in [-0.05, 0) is 55.2 Å². The smallest absolute Gasteiger partial charge is 0.230 e. The standard InChI is InChI=1S/C17H22N2O/c18-14-8-3-9-15-13(14)7-4-10-19(15)17(20)16-11-5-1-2-6-12(11)16/h3,8-9,11-12,16H,1-2,4-7,10,18H2. The summed E-state index contributed by atoms with van der Waals surface area (Å²) in [7, 11) is 0. The van der Waals surface area contributed by atoms with Gasteiger partial charge in [-0.25, -0.2) is 0 Å². The van der Waals surface area contributed by atoms with Gasteiger partial charge in [0.05, 0.1) is 0 Å². The van der Waals surface area contributed by atoms with Gasteiger partial charge >= 0.3 is 0 Å². The first-order valence-corrected chi connectivity index (χ1v) is 7.96. The Morgan fingerprint density at radius 3 is 2.65 bits per heavy atom. The normalized spacial score (nSPS) is 31.4. The highest BCUT2D eigenvalue weighted by Crippen LogP contribution is 2.56. The van der Waals surface area contributed by atoms with Crippen molar-refractivity contribution in [2.75, 3.05) is 17.2 Å². The molecule has 20 heavy (non-hydrogen) atoms. The van der Waals surface area contributed by atoms with Gasteiger partial charge in [-0.3, -0.25) is 4.79 Å². The Morgan fingerprint density at radius 2 is 1.90 bits per heavy atom. The van der Waals surface area contributed by atoms with Crippen LogP contribution in [0.25, 0.3) is 0 Å². The number of nitrogens with zero attached hydrogens (tertiary/aromatic N) is 1. The first-order valence-electron chi connectivity index (χ1n) is 7.96. The first kappa shape index (κ1) is 12.2. The van der Waals surface area contributed by atoms with Crippen molar-refractivity contribution < 1.29 is 4.79 Å². The van der Waals surface area contributed by atoms with E-state index in [9.17, 15) is 4.79 Å². The van der Waals surface area contributed by atoms with E-state index in [1.807, 2.05) is 17.0 Å². The lowest BCUT2D eigenvalue weighted by atomic mass is 9.99. The molecular weight excluding hydrogens is 248 g/mol. The lowest BCUT2D eigenvalue weighted by molar-refractivity contribution is -0.120. The molecular formula is C17H22N2O. The van der Waals surface area contributed by atoms with Crippen LogP contribution in [-0.4, -0.2) is 12.5 Å². The molecule has 2 unspecified atom stereocenters. The molecule has 2 atom stereocenters. The van der Waals surface area contributed by atoms with Gasteiger partial charge in [-0.2, -0.15) is 0 Å². The van der Waals surface area contributed by atoms with Gasteiger partial charge < -0.3 is 10.6 Å². The Labute approximate surface area is 120 Å². The molecule has 2 fully saturated rings. The van der Waals surface area contributed by atoms with Crippen molar-refractivity contribution in [1.29, 1.82) is 0 Å². The molecule has 0 bridgehead atoms. The van der Waals surface area contributed by atoms with E-state index in [1.165, 1.54) is 31.2 Å². The van der Waals surface area contributed by atoms with Crippen LogP contribution in [0, 0.1) is 17.8 Å². The second-order valence-electron chi connectivity index (χ2n) is 6.58. The highest BCUT2D eigenvalue weighted by atomic mass is 16.2. The van der Waals surface area contributed by atoms with E-state index in [-0.39, 0.29) is 0 Å². The Hall–Kier alpha value is -1.51. The number of hydrogen-bond donors (Lipinski definition) is 1. The monoisotopic (exact) mass is 270 g/mol. The number of anilines is 2. The van der Waals surface area contributed by atoms with E-state index in [2.05, 4.69) is 6.07 Å². The summed E-state index contributed by atoms with van der Waals surface area (Å²) in [5.74, 6) is 2.05. The largest absolute Gasteiger partial charge is 0.398 e. The van der Waals surface area contributed by atoms with Crippen LogP contribution in [0.15, 0.2) is 18.2 Å². The highest BCUT2D eigenvalue weighted by Gasteiger charge is 2.56. The van der Waals surface area contributed by atoms with E-state index >= 15 is 0 Å². The van der Waals surface area contributed by atoms with Crippen molar-refractivity contribution >= 4 is 17.3 Å². The van der Waals surface area contributed by atoms with Gasteiger partial charge in [-0.1, -0.05) is 18.9 Å². The predicted molar refractivity (Wildman–Crippen MR) is 80.5 cm³/mol. The number of rotatable bonds is 1. The number of hydrogen-bond acceptors (Lipinski definition) is 2. The lowest BCUT2D eigenvalue weighted by Gasteiger charge is -2.30. The fourth-order valence-electron chi connectivity index (χ4n) is 4.42. The molecule has 2 aliphatic carbocycles. The molecule has 3 heteroatoms. The van der Waals surface area contributed by atoms with Crippen molar-refractivity contribution in [1.82, 2.24) is 0 Å². The second-order valence-corrected chi connectivity index (χ2v) is 6.58. The Kier molecular flexibility index (Phi) is 2.76. The summed E-state index contributed by atoms with van der Waals surface area (Å²) >= 11 is 0. The van der Waals surface area contributed by atoms with Gasteiger partial charge in [0.25, 0.3) is 0 Å². The summed E-state index contributed by atoms with van der Waals surface area (Å²) in [6, 6.07) is 5.98. The molecule has 106 valence electrons. The predicted octanol–water partition coefficient (Wildman–Crippen LogP) is 2.98. The van der Waals surface area contributed by atoms with Crippen molar-refractivity contribution in [3.05, 3.63) is 23.8 Å². The Balaban J connectivity index is 1.61. The van der Waals surface area contributed by atoms with Crippen LogP contribution in [0.5, 0.6) is 0 Å². The summed E-state index contributed by atoms with van der Waals surface area (Å²) in [6.07, 6.45) is 7.19. The van der Waals surface area contributed by atoms with Crippen LogP contribution in [0.2, 0.25) is 0 Å². The Bertz CT molecular complexity index is 542. The van der Waals surface area contributed by atoms with Gasteiger partial charge in [0.1, 0.15) is 0 Å². The summed E-state index contributed by atoms with van der Waals surface area (Å²) in [4.78, 5) is 14.9.